The molecule has 0 spiro atoms. The third-order valence-corrected chi connectivity index (χ3v) is 4.55. The van der Waals surface area contributed by atoms with Crippen LogP contribution in [0.3, 0.4) is 0 Å². The minimum Gasteiger partial charge on any atom is -0.490 e. The first kappa shape index (κ1) is 19.4. The van der Waals surface area contributed by atoms with Gasteiger partial charge in [0.1, 0.15) is 0 Å². The van der Waals surface area contributed by atoms with Crippen LogP contribution in [-0.2, 0) is 4.79 Å². The Bertz CT molecular complexity index is 657. The SMILES string of the molecule is CCCCOc1ccc(/C=C2\SC(=O)N(CCC)C2=O)cc1OCC. The van der Waals surface area contributed by atoms with E-state index in [2.05, 4.69) is 6.92 Å². The number of nitrogens with zero attached hydrogens (tertiary/aromatic N) is 1. The third-order valence-electron chi connectivity index (χ3n) is 3.64. The summed E-state index contributed by atoms with van der Waals surface area (Å²) >= 11 is 0.983. The van der Waals surface area contributed by atoms with Crippen LogP contribution in [0, 0.1) is 0 Å². The topological polar surface area (TPSA) is 55.8 Å². The molecule has 1 fully saturated rings. The Morgan fingerprint density at radius 1 is 1.08 bits per heavy atom. The van der Waals surface area contributed by atoms with Gasteiger partial charge in [-0.2, -0.15) is 0 Å². The van der Waals surface area contributed by atoms with E-state index in [1.807, 2.05) is 32.0 Å². The van der Waals surface area contributed by atoms with E-state index in [0.29, 0.717) is 36.2 Å². The average molecular weight is 363 g/mol. The highest BCUT2D eigenvalue weighted by Gasteiger charge is 2.34. The van der Waals surface area contributed by atoms with Crippen LogP contribution in [0.1, 0.15) is 45.6 Å². The van der Waals surface area contributed by atoms with Crippen LogP contribution in [0.2, 0.25) is 0 Å². The van der Waals surface area contributed by atoms with Gasteiger partial charge in [0.25, 0.3) is 11.1 Å². The summed E-state index contributed by atoms with van der Waals surface area (Å²) in [6.07, 6.45) is 4.54. The Hall–Kier alpha value is -1.95. The lowest BCUT2D eigenvalue weighted by atomic mass is 10.2. The highest BCUT2D eigenvalue weighted by molar-refractivity contribution is 8.18. The van der Waals surface area contributed by atoms with Crippen molar-refractivity contribution >= 4 is 29.0 Å². The fraction of sp³-hybridized carbons (Fsp3) is 0.474. The molecule has 1 aromatic rings. The van der Waals surface area contributed by atoms with E-state index in [0.717, 1.165) is 36.6 Å². The molecule has 0 atom stereocenters. The summed E-state index contributed by atoms with van der Waals surface area (Å²) in [6.45, 7) is 7.60. The predicted molar refractivity (Wildman–Crippen MR) is 101 cm³/mol. The molecule has 0 bridgehead atoms. The second kappa shape index (κ2) is 9.51. The Balaban J connectivity index is 2.20. The Morgan fingerprint density at radius 3 is 2.56 bits per heavy atom. The summed E-state index contributed by atoms with van der Waals surface area (Å²) in [5.74, 6) is 1.13. The largest absolute Gasteiger partial charge is 0.490 e. The fourth-order valence-electron chi connectivity index (χ4n) is 2.40. The van der Waals surface area contributed by atoms with Crippen molar-refractivity contribution in [3.63, 3.8) is 0 Å². The van der Waals surface area contributed by atoms with Gasteiger partial charge in [0, 0.05) is 6.54 Å². The maximum absolute atomic E-state index is 12.3. The van der Waals surface area contributed by atoms with Gasteiger partial charge < -0.3 is 9.47 Å². The summed E-state index contributed by atoms with van der Waals surface area (Å²) in [5.41, 5.74) is 0.813. The molecule has 0 unspecified atom stereocenters. The molecule has 25 heavy (non-hydrogen) atoms. The predicted octanol–water partition coefficient (Wildman–Crippen LogP) is 4.71. The van der Waals surface area contributed by atoms with Gasteiger partial charge in [-0.1, -0.05) is 26.3 Å². The molecular weight excluding hydrogens is 338 g/mol. The van der Waals surface area contributed by atoms with Crippen molar-refractivity contribution in [1.29, 1.82) is 0 Å². The van der Waals surface area contributed by atoms with Crippen molar-refractivity contribution in [3.8, 4) is 11.5 Å². The van der Waals surface area contributed by atoms with E-state index in [1.165, 1.54) is 4.90 Å². The number of rotatable bonds is 9. The van der Waals surface area contributed by atoms with Gasteiger partial charge in [-0.25, -0.2) is 0 Å². The van der Waals surface area contributed by atoms with E-state index >= 15 is 0 Å². The normalized spacial score (nSPS) is 16.0. The van der Waals surface area contributed by atoms with Crippen molar-refractivity contribution in [3.05, 3.63) is 28.7 Å². The number of hydrogen-bond acceptors (Lipinski definition) is 5. The molecule has 5 nitrogen and oxygen atoms in total. The average Bonchev–Trinajstić information content (AvgIpc) is 2.85. The number of hydrogen-bond donors (Lipinski definition) is 0. The number of amides is 2. The minimum absolute atomic E-state index is 0.206. The first-order chi connectivity index (χ1) is 12.1. The first-order valence-corrected chi connectivity index (χ1v) is 9.57. The summed E-state index contributed by atoms with van der Waals surface area (Å²) in [5, 5.41) is -0.206. The molecule has 2 rings (SSSR count). The van der Waals surface area contributed by atoms with E-state index in [4.69, 9.17) is 9.47 Å². The van der Waals surface area contributed by atoms with Crippen LogP contribution in [0.25, 0.3) is 6.08 Å². The van der Waals surface area contributed by atoms with Crippen molar-refractivity contribution < 1.29 is 19.1 Å². The number of carbonyl (C=O) groups excluding carboxylic acids is 2. The summed E-state index contributed by atoms with van der Waals surface area (Å²) in [4.78, 5) is 26.0. The Labute approximate surface area is 153 Å². The van der Waals surface area contributed by atoms with Gasteiger partial charge in [0.05, 0.1) is 18.1 Å². The van der Waals surface area contributed by atoms with Gasteiger partial charge in [0.15, 0.2) is 11.5 Å². The molecule has 1 aliphatic heterocycles. The molecule has 0 saturated carbocycles. The molecule has 136 valence electrons. The number of thioether (sulfide) groups is 1. The first-order valence-electron chi connectivity index (χ1n) is 8.75. The molecule has 0 aliphatic carbocycles. The smallest absolute Gasteiger partial charge is 0.293 e. The van der Waals surface area contributed by atoms with E-state index in [9.17, 15) is 9.59 Å². The molecule has 0 radical (unpaired) electrons. The standard InChI is InChI=1S/C19H25NO4S/c1-4-7-11-24-15-9-8-14(12-16(15)23-6-3)13-17-18(21)20(10-5-2)19(22)25-17/h8-9,12-13H,4-7,10-11H2,1-3H3/b17-13-. The highest BCUT2D eigenvalue weighted by atomic mass is 32.2. The molecular formula is C19H25NO4S. The lowest BCUT2D eigenvalue weighted by Gasteiger charge is -2.12. The highest BCUT2D eigenvalue weighted by Crippen LogP contribution is 2.34. The third kappa shape index (κ3) is 5.01. The van der Waals surface area contributed by atoms with Crippen molar-refractivity contribution in [2.24, 2.45) is 0 Å². The minimum atomic E-state index is -0.224. The van der Waals surface area contributed by atoms with Crippen molar-refractivity contribution in [2.45, 2.75) is 40.0 Å². The lowest BCUT2D eigenvalue weighted by molar-refractivity contribution is -0.122. The molecule has 1 aliphatic rings. The molecule has 2 amide bonds. The van der Waals surface area contributed by atoms with Crippen LogP contribution < -0.4 is 9.47 Å². The maximum Gasteiger partial charge on any atom is 0.293 e. The monoisotopic (exact) mass is 363 g/mol. The number of benzene rings is 1. The van der Waals surface area contributed by atoms with Crippen LogP contribution in [-0.4, -0.2) is 35.8 Å². The number of unbranched alkanes of at least 4 members (excludes halogenated alkanes) is 1. The maximum atomic E-state index is 12.3. The van der Waals surface area contributed by atoms with E-state index in [1.54, 1.807) is 6.08 Å². The van der Waals surface area contributed by atoms with Crippen LogP contribution in [0.4, 0.5) is 4.79 Å². The molecule has 6 heteroatoms. The quantitative estimate of drug-likeness (QED) is 0.470. The fourth-order valence-corrected chi connectivity index (χ4v) is 3.26. The van der Waals surface area contributed by atoms with Gasteiger partial charge in [-0.3, -0.25) is 14.5 Å². The number of carbonyl (C=O) groups is 2. The lowest BCUT2D eigenvalue weighted by Crippen LogP contribution is -2.28. The zero-order valence-electron chi connectivity index (χ0n) is 15.0. The molecule has 1 aromatic carbocycles. The van der Waals surface area contributed by atoms with Crippen LogP contribution in [0.5, 0.6) is 11.5 Å². The molecule has 1 heterocycles. The second-order valence-electron chi connectivity index (χ2n) is 5.67. The van der Waals surface area contributed by atoms with Crippen LogP contribution in [0.15, 0.2) is 23.1 Å². The van der Waals surface area contributed by atoms with E-state index in [-0.39, 0.29) is 11.1 Å². The molecule has 0 N–H and O–H groups in total. The Morgan fingerprint density at radius 2 is 1.88 bits per heavy atom. The molecule has 1 saturated heterocycles. The van der Waals surface area contributed by atoms with Gasteiger partial charge in [-0.15, -0.1) is 0 Å². The summed E-state index contributed by atoms with van der Waals surface area (Å²) in [7, 11) is 0. The van der Waals surface area contributed by atoms with Crippen molar-refractivity contribution in [1.82, 2.24) is 4.90 Å². The van der Waals surface area contributed by atoms with E-state index < -0.39 is 0 Å². The molecule has 0 aromatic heterocycles. The van der Waals surface area contributed by atoms with Crippen LogP contribution >= 0.6 is 11.8 Å². The van der Waals surface area contributed by atoms with Gasteiger partial charge in [0.2, 0.25) is 0 Å². The summed E-state index contributed by atoms with van der Waals surface area (Å²) in [6, 6.07) is 5.57. The zero-order chi connectivity index (χ0) is 18.2. The van der Waals surface area contributed by atoms with Crippen molar-refractivity contribution in [2.75, 3.05) is 19.8 Å². The zero-order valence-corrected chi connectivity index (χ0v) is 15.9. The number of imide groups is 1. The van der Waals surface area contributed by atoms with Gasteiger partial charge >= 0.3 is 0 Å². The summed E-state index contributed by atoms with van der Waals surface area (Å²) < 4.78 is 11.4. The Kier molecular flexibility index (Phi) is 7.37. The van der Waals surface area contributed by atoms with Gasteiger partial charge in [-0.05, 0) is 55.3 Å². The second-order valence-corrected chi connectivity index (χ2v) is 6.67. The number of ether oxygens (including phenoxy) is 2.